The van der Waals surface area contributed by atoms with Crippen molar-refractivity contribution in [3.8, 4) is 18.4 Å². The molecular weight excluding hydrogens is 502 g/mol. The first-order valence-electron chi connectivity index (χ1n) is 11.6. The lowest BCUT2D eigenvalue weighted by Gasteiger charge is -2.08. The highest BCUT2D eigenvalue weighted by Gasteiger charge is 2.14. The van der Waals surface area contributed by atoms with Crippen LogP contribution in [0, 0.1) is 23.7 Å². The molecule has 0 saturated carbocycles. The van der Waals surface area contributed by atoms with Crippen molar-refractivity contribution in [2.45, 2.75) is 20.0 Å². The van der Waals surface area contributed by atoms with Crippen molar-refractivity contribution in [2.24, 2.45) is 0 Å². The summed E-state index contributed by atoms with van der Waals surface area (Å²) in [6.45, 7) is 2.10. The number of hydrogen-bond donors (Lipinski definition) is 3. The molecule has 2 aromatic heterocycles. The Morgan fingerprint density at radius 1 is 1.18 bits per heavy atom. The first kappa shape index (κ1) is 25.9. The molecule has 0 aliphatic carbocycles. The zero-order chi connectivity index (χ0) is 27.1. The molecule has 2 aromatic carbocycles. The number of carbonyl (C=O) groups excluding carboxylic acids is 2. The Hall–Kier alpha value is -5.13. The van der Waals surface area contributed by atoms with E-state index in [1.54, 1.807) is 42.1 Å². The van der Waals surface area contributed by atoms with Gasteiger partial charge in [-0.25, -0.2) is 4.98 Å². The zero-order valence-corrected chi connectivity index (χ0v) is 21.2. The first-order chi connectivity index (χ1) is 18.4. The van der Waals surface area contributed by atoms with Gasteiger partial charge in [0.1, 0.15) is 21.8 Å². The van der Waals surface area contributed by atoms with Crippen LogP contribution in [-0.2, 0) is 22.7 Å². The van der Waals surface area contributed by atoms with Crippen LogP contribution in [0.2, 0.25) is 0 Å². The second-order valence-electron chi connectivity index (χ2n) is 7.97. The van der Waals surface area contributed by atoms with Gasteiger partial charge in [0.15, 0.2) is 5.57 Å². The van der Waals surface area contributed by atoms with E-state index in [4.69, 9.17) is 6.42 Å². The van der Waals surface area contributed by atoms with Gasteiger partial charge in [-0.1, -0.05) is 24.1 Å². The average Bonchev–Trinajstić information content (AvgIpc) is 3.47. The molecule has 0 aliphatic heterocycles. The minimum atomic E-state index is -0.638. The molecule has 0 spiro atoms. The van der Waals surface area contributed by atoms with Crippen molar-refractivity contribution in [3.05, 3.63) is 74.4 Å². The smallest absolute Gasteiger partial charge is 0.270 e. The molecule has 3 N–H and O–H groups in total. The fourth-order valence-corrected chi connectivity index (χ4v) is 4.82. The summed E-state index contributed by atoms with van der Waals surface area (Å²) in [6, 6.07) is 16.5. The molecule has 4 aromatic rings. The summed E-state index contributed by atoms with van der Waals surface area (Å²) in [5.74, 6) is 1.43. The van der Waals surface area contributed by atoms with Crippen molar-refractivity contribution in [1.29, 1.82) is 5.26 Å². The van der Waals surface area contributed by atoms with Crippen molar-refractivity contribution in [2.75, 3.05) is 17.2 Å². The van der Waals surface area contributed by atoms with E-state index < -0.39 is 5.91 Å². The Morgan fingerprint density at radius 2 is 1.97 bits per heavy atom. The summed E-state index contributed by atoms with van der Waals surface area (Å²) in [5, 5.41) is 17.9. The molecule has 0 atom stereocenters. The Labute approximate surface area is 221 Å². The van der Waals surface area contributed by atoms with Gasteiger partial charge in [-0.15, -0.1) is 17.8 Å². The van der Waals surface area contributed by atoms with Crippen molar-refractivity contribution in [1.82, 2.24) is 19.4 Å². The molecule has 11 heteroatoms. The van der Waals surface area contributed by atoms with Crippen LogP contribution in [0.4, 0.5) is 11.4 Å². The number of nitrogens with zero attached hydrogens (tertiary/aromatic N) is 4. The number of para-hydroxylation sites is 2. The van der Waals surface area contributed by atoms with Gasteiger partial charge in [-0.3, -0.25) is 19.0 Å². The van der Waals surface area contributed by atoms with E-state index in [1.165, 1.54) is 10.8 Å². The fourth-order valence-electron chi connectivity index (χ4n) is 3.74. The Morgan fingerprint density at radius 3 is 2.74 bits per heavy atom. The summed E-state index contributed by atoms with van der Waals surface area (Å²) < 4.78 is 3.69. The molecule has 0 saturated heterocycles. The molecule has 2 heterocycles. The molecule has 0 bridgehead atoms. The molecule has 190 valence electrons. The van der Waals surface area contributed by atoms with Crippen LogP contribution in [0.25, 0.3) is 22.8 Å². The van der Waals surface area contributed by atoms with E-state index in [0.29, 0.717) is 15.9 Å². The molecular formula is C27H23N7O3S. The highest BCUT2D eigenvalue weighted by atomic mass is 32.1. The summed E-state index contributed by atoms with van der Waals surface area (Å²) in [5.41, 5.74) is 2.36. The Kier molecular flexibility index (Phi) is 8.01. The van der Waals surface area contributed by atoms with Gasteiger partial charge in [0.25, 0.3) is 11.5 Å². The van der Waals surface area contributed by atoms with Gasteiger partial charge >= 0.3 is 0 Å². The molecule has 10 nitrogen and oxygen atoms in total. The van der Waals surface area contributed by atoms with Crippen molar-refractivity contribution in [3.63, 3.8) is 0 Å². The van der Waals surface area contributed by atoms with Crippen molar-refractivity contribution < 1.29 is 9.59 Å². The number of rotatable bonds is 8. The van der Waals surface area contributed by atoms with E-state index >= 15 is 0 Å². The number of aromatic nitrogens is 3. The van der Waals surface area contributed by atoms with Gasteiger partial charge in [0.05, 0.1) is 23.9 Å². The second kappa shape index (κ2) is 11.7. The number of nitrogens with one attached hydrogen (secondary N) is 3. The lowest BCUT2D eigenvalue weighted by molar-refractivity contribution is -0.117. The minimum absolute atomic E-state index is 0.0297. The van der Waals surface area contributed by atoms with Crippen LogP contribution in [0.15, 0.2) is 59.7 Å². The lowest BCUT2D eigenvalue weighted by atomic mass is 10.2. The van der Waals surface area contributed by atoms with Crippen LogP contribution in [0.3, 0.4) is 0 Å². The quantitative estimate of drug-likeness (QED) is 0.296. The Bertz CT molecular complexity index is 1780. The van der Waals surface area contributed by atoms with Crippen LogP contribution < -0.4 is 30.7 Å². The monoisotopic (exact) mass is 525 g/mol. The third-order valence-corrected chi connectivity index (χ3v) is 6.62. The van der Waals surface area contributed by atoms with Crippen LogP contribution in [0.1, 0.15) is 6.92 Å². The van der Waals surface area contributed by atoms with Gasteiger partial charge in [-0.05, 0) is 37.3 Å². The minimum Gasteiger partial charge on any atom is -0.360 e. The zero-order valence-electron chi connectivity index (χ0n) is 20.4. The number of imidazole rings is 1. The molecule has 0 unspecified atom stereocenters. The summed E-state index contributed by atoms with van der Waals surface area (Å²) in [7, 11) is 0. The Balaban J connectivity index is 1.54. The maximum atomic E-state index is 12.9. The lowest BCUT2D eigenvalue weighted by Crippen LogP contribution is -2.34. The largest absolute Gasteiger partial charge is 0.360 e. The second-order valence-corrected chi connectivity index (χ2v) is 9.00. The molecule has 0 radical (unpaired) electrons. The molecule has 38 heavy (non-hydrogen) atoms. The van der Waals surface area contributed by atoms with Gasteiger partial charge < -0.3 is 20.5 Å². The normalized spacial score (nSPS) is 11.9. The van der Waals surface area contributed by atoms with Crippen LogP contribution >= 0.6 is 11.3 Å². The van der Waals surface area contributed by atoms with Gasteiger partial charge in [0.2, 0.25) is 5.91 Å². The number of fused-ring (bicyclic) bond motifs is 1. The topological polar surface area (TPSA) is 134 Å². The SMILES string of the molecule is C#CCNC(=O)C(C#N)=c1sc(=CNc2cccc(NC(=O)Cn3cnc4ccccc43)c2)c(=O)n1CC. The van der Waals surface area contributed by atoms with Crippen LogP contribution in [0.5, 0.6) is 0 Å². The standard InChI is InChI=1S/C27H23N7O3S/c1-3-12-29-25(36)20(14-28)27-34(4-2)26(37)23(38-27)15-30-18-8-7-9-19(13-18)32-24(35)16-33-17-31-21-10-5-6-11-22(21)33/h1,5-11,13,15,17,30H,4,12,16H2,2H3,(H,29,36)(H,32,35). The number of anilines is 2. The van der Waals surface area contributed by atoms with Crippen molar-refractivity contribution >= 4 is 57.3 Å². The van der Waals surface area contributed by atoms with Gasteiger partial charge in [-0.2, -0.15) is 5.26 Å². The number of nitriles is 1. The number of thiazole rings is 1. The number of benzene rings is 2. The number of hydrogen-bond acceptors (Lipinski definition) is 7. The van der Waals surface area contributed by atoms with Crippen LogP contribution in [-0.4, -0.2) is 32.5 Å². The summed E-state index contributed by atoms with van der Waals surface area (Å²) in [4.78, 5) is 42.2. The highest BCUT2D eigenvalue weighted by molar-refractivity contribution is 7.07. The maximum Gasteiger partial charge on any atom is 0.270 e. The number of carbonyl (C=O) groups is 2. The van der Waals surface area contributed by atoms with E-state index in [2.05, 4.69) is 26.9 Å². The van der Waals surface area contributed by atoms with E-state index in [9.17, 15) is 19.6 Å². The predicted octanol–water partition coefficient (Wildman–Crippen LogP) is 1.19. The summed E-state index contributed by atoms with van der Waals surface area (Å²) >= 11 is 1.02. The third-order valence-electron chi connectivity index (χ3n) is 5.49. The fraction of sp³-hybridized carbons (Fsp3) is 0.148. The number of amides is 2. The highest BCUT2D eigenvalue weighted by Crippen LogP contribution is 2.16. The van der Waals surface area contributed by atoms with E-state index in [-0.39, 0.29) is 41.3 Å². The molecule has 0 fully saturated rings. The molecule has 4 rings (SSSR count). The predicted molar refractivity (Wildman–Crippen MR) is 147 cm³/mol. The average molecular weight is 526 g/mol. The van der Waals surface area contributed by atoms with E-state index in [0.717, 1.165) is 22.4 Å². The number of terminal acetylenes is 1. The van der Waals surface area contributed by atoms with E-state index in [1.807, 2.05) is 30.3 Å². The molecule has 0 aliphatic rings. The first-order valence-corrected chi connectivity index (χ1v) is 12.4. The van der Waals surface area contributed by atoms with Gasteiger partial charge in [0, 0.05) is 24.1 Å². The molecule has 2 amide bonds. The maximum absolute atomic E-state index is 12.9. The third kappa shape index (κ3) is 5.64. The summed E-state index contributed by atoms with van der Waals surface area (Å²) in [6.07, 6.45) is 8.31.